The summed E-state index contributed by atoms with van der Waals surface area (Å²) in [6.45, 7) is 2.39. The number of aryl methyl sites for hydroxylation is 1. The third-order valence-corrected chi connectivity index (χ3v) is 5.59. The van der Waals surface area contributed by atoms with Gasteiger partial charge in [0.25, 0.3) is 5.91 Å². The second-order valence-electron chi connectivity index (χ2n) is 5.87. The van der Waals surface area contributed by atoms with Crippen LogP contribution in [0, 0.1) is 6.92 Å². The van der Waals surface area contributed by atoms with Crippen LogP contribution in [0.3, 0.4) is 0 Å². The van der Waals surface area contributed by atoms with Crippen molar-refractivity contribution in [1.82, 2.24) is 10.3 Å². The van der Waals surface area contributed by atoms with Crippen LogP contribution in [0.2, 0.25) is 0 Å². The first-order chi connectivity index (χ1) is 12.5. The van der Waals surface area contributed by atoms with E-state index in [9.17, 15) is 13.2 Å². The van der Waals surface area contributed by atoms with Gasteiger partial charge in [0.1, 0.15) is 0 Å². The second-order valence-corrected chi connectivity index (χ2v) is 7.77. The van der Waals surface area contributed by atoms with Gasteiger partial charge in [0.15, 0.2) is 5.03 Å². The lowest BCUT2D eigenvalue weighted by Crippen LogP contribution is -2.23. The molecule has 1 aromatic heterocycles. The number of rotatable bonds is 5. The van der Waals surface area contributed by atoms with Gasteiger partial charge in [0.05, 0.1) is 10.5 Å². The summed E-state index contributed by atoms with van der Waals surface area (Å²) in [7, 11) is -3.68. The molecule has 0 unspecified atom stereocenters. The van der Waals surface area contributed by atoms with E-state index in [-0.39, 0.29) is 15.8 Å². The molecule has 3 aromatic rings. The molecule has 0 atom stereocenters. The second kappa shape index (κ2) is 7.49. The molecule has 2 aromatic carbocycles. The molecule has 0 aliphatic heterocycles. The average Bonchev–Trinajstić information content (AvgIpc) is 2.68. The van der Waals surface area contributed by atoms with E-state index in [0.717, 1.165) is 11.1 Å². The smallest absolute Gasteiger partial charge is 0.253 e. The fraction of sp³-hybridized carbons (Fsp3) is 0.100. The van der Waals surface area contributed by atoms with Gasteiger partial charge in [-0.05, 0) is 36.8 Å². The standard InChI is InChI=1S/C20H18N2O3S/c1-15-7-9-16(10-8-15)13-22-20(23)17-11-12-19(21-14-17)26(24,25)18-5-3-2-4-6-18/h2-12,14H,13H2,1H3,(H,22,23). The molecule has 0 bridgehead atoms. The van der Waals surface area contributed by atoms with Crippen LogP contribution >= 0.6 is 0 Å². The molecule has 0 saturated carbocycles. The molecule has 3 rings (SSSR count). The van der Waals surface area contributed by atoms with Crippen molar-refractivity contribution in [3.05, 3.63) is 89.6 Å². The molecule has 0 spiro atoms. The number of carbonyl (C=O) groups excluding carboxylic acids is 1. The first-order valence-electron chi connectivity index (χ1n) is 8.07. The Morgan fingerprint density at radius 3 is 2.27 bits per heavy atom. The molecule has 5 nitrogen and oxygen atoms in total. The predicted molar refractivity (Wildman–Crippen MR) is 98.5 cm³/mol. The summed E-state index contributed by atoms with van der Waals surface area (Å²) in [6.07, 6.45) is 1.28. The first kappa shape index (κ1) is 17.8. The number of aromatic nitrogens is 1. The largest absolute Gasteiger partial charge is 0.348 e. The van der Waals surface area contributed by atoms with Gasteiger partial charge in [-0.2, -0.15) is 0 Å². The third-order valence-electron chi connectivity index (χ3n) is 3.90. The van der Waals surface area contributed by atoms with Gasteiger partial charge in [-0.15, -0.1) is 0 Å². The SMILES string of the molecule is Cc1ccc(CNC(=O)c2ccc(S(=O)(=O)c3ccccc3)nc2)cc1. The molecule has 1 heterocycles. The van der Waals surface area contributed by atoms with Gasteiger partial charge in [-0.1, -0.05) is 48.0 Å². The molecule has 0 saturated heterocycles. The topological polar surface area (TPSA) is 76.1 Å². The Morgan fingerprint density at radius 1 is 0.962 bits per heavy atom. The van der Waals surface area contributed by atoms with Crippen molar-refractivity contribution in [2.24, 2.45) is 0 Å². The molecule has 1 N–H and O–H groups in total. The zero-order chi connectivity index (χ0) is 18.6. The van der Waals surface area contributed by atoms with E-state index in [4.69, 9.17) is 0 Å². The zero-order valence-electron chi connectivity index (χ0n) is 14.2. The van der Waals surface area contributed by atoms with E-state index < -0.39 is 9.84 Å². The van der Waals surface area contributed by atoms with Crippen molar-refractivity contribution in [2.75, 3.05) is 0 Å². The number of carbonyl (C=O) groups is 1. The minimum absolute atomic E-state index is 0.0845. The number of benzene rings is 2. The van der Waals surface area contributed by atoms with Crippen molar-refractivity contribution >= 4 is 15.7 Å². The number of amides is 1. The van der Waals surface area contributed by atoms with E-state index in [0.29, 0.717) is 12.1 Å². The molecule has 0 aliphatic carbocycles. The Labute approximate surface area is 152 Å². The Balaban J connectivity index is 1.71. The Morgan fingerprint density at radius 2 is 1.65 bits per heavy atom. The molecular formula is C20H18N2O3S. The van der Waals surface area contributed by atoms with Crippen LogP contribution in [0.25, 0.3) is 0 Å². The summed E-state index contributed by atoms with van der Waals surface area (Å²) in [5.74, 6) is -0.304. The highest BCUT2D eigenvalue weighted by Gasteiger charge is 2.19. The highest BCUT2D eigenvalue weighted by atomic mass is 32.2. The van der Waals surface area contributed by atoms with Crippen LogP contribution in [-0.4, -0.2) is 19.3 Å². The number of pyridine rings is 1. The monoisotopic (exact) mass is 366 g/mol. The summed E-state index contributed by atoms with van der Waals surface area (Å²) in [6, 6.07) is 18.7. The first-order valence-corrected chi connectivity index (χ1v) is 9.55. The lowest BCUT2D eigenvalue weighted by Gasteiger charge is -2.07. The maximum atomic E-state index is 12.5. The van der Waals surface area contributed by atoms with Gasteiger partial charge < -0.3 is 5.32 Å². The molecule has 1 amide bonds. The number of nitrogens with one attached hydrogen (secondary N) is 1. The van der Waals surface area contributed by atoms with Crippen LogP contribution in [-0.2, 0) is 16.4 Å². The van der Waals surface area contributed by atoms with Crippen molar-refractivity contribution < 1.29 is 13.2 Å². The molecule has 26 heavy (non-hydrogen) atoms. The van der Waals surface area contributed by atoms with Crippen molar-refractivity contribution in [2.45, 2.75) is 23.4 Å². The molecule has 0 radical (unpaired) electrons. The van der Waals surface area contributed by atoms with Crippen molar-refractivity contribution in [3.63, 3.8) is 0 Å². The van der Waals surface area contributed by atoms with Gasteiger partial charge in [0.2, 0.25) is 9.84 Å². The van der Waals surface area contributed by atoms with Gasteiger partial charge in [-0.3, -0.25) is 4.79 Å². The fourth-order valence-electron chi connectivity index (χ4n) is 2.38. The number of hydrogen-bond acceptors (Lipinski definition) is 4. The lowest BCUT2D eigenvalue weighted by molar-refractivity contribution is 0.0950. The van der Waals surface area contributed by atoms with Crippen LogP contribution in [0.4, 0.5) is 0 Å². The van der Waals surface area contributed by atoms with E-state index in [1.54, 1.807) is 18.2 Å². The van der Waals surface area contributed by atoms with Crippen molar-refractivity contribution in [3.8, 4) is 0 Å². The highest BCUT2D eigenvalue weighted by molar-refractivity contribution is 7.91. The zero-order valence-corrected chi connectivity index (χ0v) is 15.0. The maximum absolute atomic E-state index is 12.5. The summed E-state index contributed by atoms with van der Waals surface area (Å²) >= 11 is 0. The Bertz CT molecular complexity index is 997. The van der Waals surface area contributed by atoms with Gasteiger partial charge in [-0.25, -0.2) is 13.4 Å². The van der Waals surface area contributed by atoms with Crippen molar-refractivity contribution in [1.29, 1.82) is 0 Å². The maximum Gasteiger partial charge on any atom is 0.253 e. The molecule has 132 valence electrons. The number of sulfone groups is 1. The quantitative estimate of drug-likeness (QED) is 0.753. The molecule has 6 heteroatoms. The minimum Gasteiger partial charge on any atom is -0.348 e. The third kappa shape index (κ3) is 3.97. The lowest BCUT2D eigenvalue weighted by atomic mass is 10.1. The summed E-state index contributed by atoms with van der Waals surface area (Å²) < 4.78 is 25.0. The van der Waals surface area contributed by atoms with Crippen LogP contribution in [0.15, 0.2) is 82.8 Å². The average molecular weight is 366 g/mol. The van der Waals surface area contributed by atoms with E-state index >= 15 is 0 Å². The summed E-state index contributed by atoms with van der Waals surface area (Å²) in [5.41, 5.74) is 2.45. The van der Waals surface area contributed by atoms with E-state index in [1.807, 2.05) is 31.2 Å². The summed E-state index contributed by atoms with van der Waals surface area (Å²) in [4.78, 5) is 16.4. The molecule has 0 fully saturated rings. The van der Waals surface area contributed by atoms with Gasteiger partial charge in [0, 0.05) is 12.7 Å². The highest BCUT2D eigenvalue weighted by Crippen LogP contribution is 2.18. The van der Waals surface area contributed by atoms with E-state index in [1.165, 1.54) is 30.5 Å². The normalized spacial score (nSPS) is 11.1. The Hall–Kier alpha value is -2.99. The van der Waals surface area contributed by atoms with E-state index in [2.05, 4.69) is 10.3 Å². The van der Waals surface area contributed by atoms with Crippen LogP contribution in [0.1, 0.15) is 21.5 Å². The number of hydrogen-bond donors (Lipinski definition) is 1. The van der Waals surface area contributed by atoms with Gasteiger partial charge >= 0.3 is 0 Å². The minimum atomic E-state index is -3.68. The Kier molecular flexibility index (Phi) is 5.14. The summed E-state index contributed by atoms with van der Waals surface area (Å²) in [5, 5.41) is 2.71. The molecule has 0 aliphatic rings. The predicted octanol–water partition coefficient (Wildman–Crippen LogP) is 3.15. The number of nitrogens with zero attached hydrogens (tertiary/aromatic N) is 1. The van der Waals surface area contributed by atoms with Crippen LogP contribution < -0.4 is 5.32 Å². The molecular weight excluding hydrogens is 348 g/mol. The van der Waals surface area contributed by atoms with Crippen LogP contribution in [0.5, 0.6) is 0 Å². The fourth-order valence-corrected chi connectivity index (χ4v) is 3.58.